The Labute approximate surface area is 88.2 Å². The van der Waals surface area contributed by atoms with E-state index in [-0.39, 0.29) is 5.78 Å². The van der Waals surface area contributed by atoms with Gasteiger partial charge in [0.25, 0.3) is 0 Å². The topological polar surface area (TPSA) is 52.3 Å². The van der Waals surface area contributed by atoms with Crippen molar-refractivity contribution in [2.24, 2.45) is 5.73 Å². The molecule has 0 bridgehead atoms. The Kier molecular flexibility index (Phi) is 1.68. The Bertz CT molecular complexity index is 435. The lowest BCUT2D eigenvalue weighted by Crippen LogP contribution is -2.32. The summed E-state index contributed by atoms with van der Waals surface area (Å²) >= 11 is 0. The number of carbonyl (C=O) groups is 1. The monoisotopic (exact) mass is 203 g/mol. The van der Waals surface area contributed by atoms with E-state index >= 15 is 0 Å². The molecular weight excluding hydrogens is 190 g/mol. The fourth-order valence-corrected chi connectivity index (χ4v) is 1.96. The minimum atomic E-state index is -0.577. The number of nitrogens with two attached hydrogens (primary N) is 1. The first-order chi connectivity index (χ1) is 7.19. The lowest BCUT2D eigenvalue weighted by atomic mass is 10.0. The lowest BCUT2D eigenvalue weighted by Gasteiger charge is -2.08. The molecule has 0 saturated heterocycles. The molecule has 0 spiro atoms. The van der Waals surface area contributed by atoms with E-state index in [1.165, 1.54) is 5.56 Å². The van der Waals surface area contributed by atoms with E-state index in [9.17, 15) is 4.79 Å². The average molecular weight is 203 g/mol. The van der Waals surface area contributed by atoms with Crippen molar-refractivity contribution in [2.45, 2.75) is 24.8 Å². The summed E-state index contributed by atoms with van der Waals surface area (Å²) in [6.45, 7) is 0.723. The van der Waals surface area contributed by atoms with Crippen LogP contribution in [-0.2, 0) is 6.42 Å². The minimum absolute atomic E-state index is 0.0563. The third kappa shape index (κ3) is 1.35. The summed E-state index contributed by atoms with van der Waals surface area (Å²) in [7, 11) is 0. The molecule has 0 aromatic heterocycles. The smallest absolute Gasteiger partial charge is 0.182 e. The summed E-state index contributed by atoms with van der Waals surface area (Å²) in [4.78, 5) is 11.9. The van der Waals surface area contributed by atoms with Crippen molar-refractivity contribution < 1.29 is 9.53 Å². The van der Waals surface area contributed by atoms with Crippen molar-refractivity contribution in [3.8, 4) is 5.75 Å². The average Bonchev–Trinajstić information content (AvgIpc) is 2.82. The van der Waals surface area contributed by atoms with Crippen molar-refractivity contribution in [3.05, 3.63) is 29.3 Å². The van der Waals surface area contributed by atoms with Gasteiger partial charge >= 0.3 is 0 Å². The van der Waals surface area contributed by atoms with Gasteiger partial charge < -0.3 is 10.5 Å². The third-order valence-electron chi connectivity index (χ3n) is 3.20. The highest BCUT2D eigenvalue weighted by Crippen LogP contribution is 2.37. The molecule has 1 aliphatic carbocycles. The Morgan fingerprint density at radius 1 is 1.40 bits per heavy atom. The molecule has 0 unspecified atom stereocenters. The highest BCUT2D eigenvalue weighted by Gasteiger charge is 2.46. The van der Waals surface area contributed by atoms with E-state index in [0.29, 0.717) is 5.56 Å². The van der Waals surface area contributed by atoms with Crippen LogP contribution in [0.3, 0.4) is 0 Å². The predicted molar refractivity (Wildman–Crippen MR) is 56.1 cm³/mol. The molecule has 1 aromatic rings. The molecule has 2 N–H and O–H groups in total. The van der Waals surface area contributed by atoms with Gasteiger partial charge in [-0.3, -0.25) is 4.79 Å². The van der Waals surface area contributed by atoms with Gasteiger partial charge in [-0.2, -0.15) is 0 Å². The number of ketones is 1. The number of hydrogen-bond donors (Lipinski definition) is 1. The number of carbonyl (C=O) groups excluding carboxylic acids is 1. The second-order valence-electron chi connectivity index (χ2n) is 4.41. The van der Waals surface area contributed by atoms with Crippen molar-refractivity contribution in [1.82, 2.24) is 0 Å². The van der Waals surface area contributed by atoms with Crippen molar-refractivity contribution in [3.63, 3.8) is 0 Å². The second-order valence-corrected chi connectivity index (χ2v) is 4.41. The van der Waals surface area contributed by atoms with Crippen molar-refractivity contribution >= 4 is 5.78 Å². The van der Waals surface area contributed by atoms with Crippen LogP contribution in [-0.4, -0.2) is 17.9 Å². The largest absolute Gasteiger partial charge is 0.493 e. The van der Waals surface area contributed by atoms with E-state index in [0.717, 1.165) is 31.6 Å². The standard InChI is InChI=1S/C12H13NO2/c13-12(4-5-12)11(14)9-2-1-8-3-6-15-10(8)7-9/h1-2,7H,3-6,13H2. The fraction of sp³-hybridized carbons (Fsp3) is 0.417. The number of hydrogen-bond acceptors (Lipinski definition) is 3. The molecule has 15 heavy (non-hydrogen) atoms. The first kappa shape index (κ1) is 8.92. The number of Topliss-reactive ketones (excluding diaryl/α,β-unsaturated/α-hetero) is 1. The van der Waals surface area contributed by atoms with Gasteiger partial charge in [0, 0.05) is 12.0 Å². The molecule has 3 heteroatoms. The molecule has 78 valence electrons. The molecule has 1 saturated carbocycles. The number of ether oxygens (including phenoxy) is 1. The summed E-state index contributed by atoms with van der Waals surface area (Å²) in [6.07, 6.45) is 2.56. The van der Waals surface area contributed by atoms with Gasteiger partial charge in [-0.1, -0.05) is 12.1 Å². The first-order valence-corrected chi connectivity index (χ1v) is 5.28. The van der Waals surface area contributed by atoms with Crippen LogP contribution >= 0.6 is 0 Å². The summed E-state index contributed by atoms with van der Waals surface area (Å²) in [6, 6.07) is 5.67. The van der Waals surface area contributed by atoms with E-state index in [1.807, 2.05) is 18.2 Å². The summed E-state index contributed by atoms with van der Waals surface area (Å²) in [5.74, 6) is 0.908. The molecule has 0 amide bonds. The number of rotatable bonds is 2. The zero-order valence-corrected chi connectivity index (χ0v) is 8.45. The molecule has 1 fully saturated rings. The second kappa shape index (κ2) is 2.83. The summed E-state index contributed by atoms with van der Waals surface area (Å²) < 4.78 is 5.43. The Balaban J connectivity index is 1.96. The van der Waals surface area contributed by atoms with Gasteiger partial charge in [0.1, 0.15) is 5.75 Å². The molecule has 1 aromatic carbocycles. The van der Waals surface area contributed by atoms with Crippen molar-refractivity contribution in [2.75, 3.05) is 6.61 Å². The Morgan fingerprint density at radius 2 is 2.20 bits per heavy atom. The molecule has 1 heterocycles. The molecule has 3 nitrogen and oxygen atoms in total. The molecule has 2 aliphatic rings. The predicted octanol–water partition coefficient (Wildman–Crippen LogP) is 1.30. The molecule has 3 rings (SSSR count). The van der Waals surface area contributed by atoms with Gasteiger partial charge in [-0.25, -0.2) is 0 Å². The maximum atomic E-state index is 11.9. The summed E-state index contributed by atoms with van der Waals surface area (Å²) in [5.41, 5.74) is 7.18. The molecular formula is C12H13NO2. The maximum absolute atomic E-state index is 11.9. The van der Waals surface area contributed by atoms with Crippen LogP contribution in [0.4, 0.5) is 0 Å². The van der Waals surface area contributed by atoms with Crippen molar-refractivity contribution in [1.29, 1.82) is 0 Å². The van der Waals surface area contributed by atoms with Crippen LogP contribution in [0.1, 0.15) is 28.8 Å². The van der Waals surface area contributed by atoms with Crippen LogP contribution in [0.2, 0.25) is 0 Å². The van der Waals surface area contributed by atoms with Crippen LogP contribution in [0.25, 0.3) is 0 Å². The van der Waals surface area contributed by atoms with E-state index in [1.54, 1.807) is 0 Å². The first-order valence-electron chi connectivity index (χ1n) is 5.28. The van der Waals surface area contributed by atoms with Gasteiger partial charge in [-0.15, -0.1) is 0 Å². The van der Waals surface area contributed by atoms with Crippen LogP contribution < -0.4 is 10.5 Å². The molecule has 1 aliphatic heterocycles. The Morgan fingerprint density at radius 3 is 2.93 bits per heavy atom. The van der Waals surface area contributed by atoms with E-state index in [4.69, 9.17) is 10.5 Å². The summed E-state index contributed by atoms with van der Waals surface area (Å²) in [5, 5.41) is 0. The number of fused-ring (bicyclic) bond motifs is 1. The molecule has 0 atom stereocenters. The van der Waals surface area contributed by atoms with E-state index in [2.05, 4.69) is 0 Å². The maximum Gasteiger partial charge on any atom is 0.182 e. The van der Waals surface area contributed by atoms with Crippen LogP contribution in [0.15, 0.2) is 18.2 Å². The van der Waals surface area contributed by atoms with E-state index < -0.39 is 5.54 Å². The normalized spacial score (nSPS) is 20.6. The lowest BCUT2D eigenvalue weighted by molar-refractivity contribution is 0.0949. The molecule has 0 radical (unpaired) electrons. The highest BCUT2D eigenvalue weighted by molar-refractivity contribution is 6.05. The zero-order valence-electron chi connectivity index (χ0n) is 8.45. The minimum Gasteiger partial charge on any atom is -0.493 e. The fourth-order valence-electron chi connectivity index (χ4n) is 1.96. The number of benzene rings is 1. The quantitative estimate of drug-likeness (QED) is 0.737. The SMILES string of the molecule is NC1(C(=O)c2ccc3c(c2)OCC3)CC1. The van der Waals surface area contributed by atoms with Gasteiger partial charge in [0.05, 0.1) is 12.1 Å². The zero-order chi connectivity index (χ0) is 10.5. The highest BCUT2D eigenvalue weighted by atomic mass is 16.5. The van der Waals surface area contributed by atoms with Gasteiger partial charge in [0.2, 0.25) is 0 Å². The van der Waals surface area contributed by atoms with Gasteiger partial charge in [0.15, 0.2) is 5.78 Å². The van der Waals surface area contributed by atoms with Gasteiger partial charge in [-0.05, 0) is 24.5 Å². The van der Waals surface area contributed by atoms with Crippen LogP contribution in [0.5, 0.6) is 5.75 Å². The van der Waals surface area contributed by atoms with Crippen LogP contribution in [0, 0.1) is 0 Å². The third-order valence-corrected chi connectivity index (χ3v) is 3.20. The Hall–Kier alpha value is -1.35.